The van der Waals surface area contributed by atoms with E-state index >= 15 is 0 Å². The Kier molecular flexibility index (Phi) is 3.19. The molecule has 1 aromatic heterocycles. The fraction of sp³-hybridized carbons (Fsp3) is 0.727. The first-order chi connectivity index (χ1) is 6.81. The predicted octanol–water partition coefficient (Wildman–Crippen LogP) is 3.08. The highest BCUT2D eigenvalue weighted by Crippen LogP contribution is 2.28. The highest BCUT2D eigenvalue weighted by molar-refractivity contribution is 7.09. The van der Waals surface area contributed by atoms with E-state index in [4.69, 9.17) is 4.98 Å². The summed E-state index contributed by atoms with van der Waals surface area (Å²) < 4.78 is 0. The maximum absolute atomic E-state index is 4.72. The Balaban J connectivity index is 2.08. The highest BCUT2D eigenvalue weighted by Gasteiger charge is 2.20. The summed E-state index contributed by atoms with van der Waals surface area (Å²) in [4.78, 5) is 4.72. The first-order valence-corrected chi connectivity index (χ1v) is 6.38. The van der Waals surface area contributed by atoms with Gasteiger partial charge in [0.25, 0.3) is 0 Å². The van der Waals surface area contributed by atoms with Crippen molar-refractivity contribution in [1.82, 2.24) is 10.3 Å². The molecule has 2 atom stereocenters. The number of nitrogens with zero attached hydrogens (tertiary/aromatic N) is 1. The van der Waals surface area contributed by atoms with Crippen LogP contribution in [-0.4, -0.2) is 11.5 Å². The van der Waals surface area contributed by atoms with Gasteiger partial charge in [0.1, 0.15) is 5.01 Å². The van der Waals surface area contributed by atoms with Gasteiger partial charge < -0.3 is 5.32 Å². The molecular weight excluding hydrogens is 192 g/mol. The molecule has 0 saturated carbocycles. The van der Waals surface area contributed by atoms with Crippen LogP contribution in [-0.2, 0) is 0 Å². The van der Waals surface area contributed by atoms with Gasteiger partial charge in [0.05, 0.1) is 11.7 Å². The molecule has 2 unspecified atom stereocenters. The van der Waals surface area contributed by atoms with Crippen LogP contribution in [0.5, 0.6) is 0 Å². The largest absolute Gasteiger partial charge is 0.308 e. The number of rotatable bonds is 3. The van der Waals surface area contributed by atoms with Crippen molar-refractivity contribution in [2.24, 2.45) is 0 Å². The average Bonchev–Trinajstić information content (AvgIpc) is 2.86. The van der Waals surface area contributed by atoms with Crippen LogP contribution in [0.15, 0.2) is 5.38 Å². The van der Waals surface area contributed by atoms with Crippen LogP contribution in [0, 0.1) is 0 Å². The molecule has 0 aromatic carbocycles. The SMILES string of the molecule is CCC(C)c1csc(C2CCCN2)n1. The van der Waals surface area contributed by atoms with Gasteiger partial charge in [-0.2, -0.15) is 0 Å². The fourth-order valence-corrected chi connectivity index (χ4v) is 2.84. The van der Waals surface area contributed by atoms with E-state index in [1.165, 1.54) is 30.0 Å². The molecule has 3 heteroatoms. The minimum absolute atomic E-state index is 0.540. The van der Waals surface area contributed by atoms with Crippen LogP contribution in [0.3, 0.4) is 0 Å². The number of thiazole rings is 1. The van der Waals surface area contributed by atoms with Crippen molar-refractivity contribution >= 4 is 11.3 Å². The number of hydrogen-bond acceptors (Lipinski definition) is 3. The zero-order valence-corrected chi connectivity index (χ0v) is 9.73. The van der Waals surface area contributed by atoms with Crippen molar-refractivity contribution in [1.29, 1.82) is 0 Å². The van der Waals surface area contributed by atoms with E-state index < -0.39 is 0 Å². The molecule has 0 radical (unpaired) electrons. The second-order valence-corrected chi connectivity index (χ2v) is 4.96. The molecule has 1 fully saturated rings. The maximum Gasteiger partial charge on any atom is 0.110 e. The lowest BCUT2D eigenvalue weighted by Gasteiger charge is -2.06. The zero-order valence-electron chi connectivity index (χ0n) is 8.92. The van der Waals surface area contributed by atoms with Gasteiger partial charge in [0, 0.05) is 5.38 Å². The third-order valence-electron chi connectivity index (χ3n) is 3.02. The summed E-state index contributed by atoms with van der Waals surface area (Å²) in [6.45, 7) is 5.63. The standard InChI is InChI=1S/C11H18N2S/c1-3-8(2)10-7-14-11(13-10)9-5-4-6-12-9/h7-9,12H,3-6H2,1-2H3. The third kappa shape index (κ3) is 1.98. The number of hydrogen-bond donors (Lipinski definition) is 1. The molecule has 0 aliphatic carbocycles. The molecule has 78 valence electrons. The van der Waals surface area contributed by atoms with Crippen LogP contribution in [0.1, 0.15) is 55.8 Å². The molecule has 0 amide bonds. The Morgan fingerprint density at radius 3 is 3.21 bits per heavy atom. The Labute approximate surface area is 89.8 Å². The summed E-state index contributed by atoms with van der Waals surface area (Å²) in [6.07, 6.45) is 3.73. The lowest BCUT2D eigenvalue weighted by Crippen LogP contribution is -2.12. The summed E-state index contributed by atoms with van der Waals surface area (Å²) in [5.41, 5.74) is 1.28. The van der Waals surface area contributed by atoms with E-state index in [2.05, 4.69) is 24.5 Å². The third-order valence-corrected chi connectivity index (χ3v) is 3.99. The minimum atomic E-state index is 0.540. The van der Waals surface area contributed by atoms with Gasteiger partial charge in [-0.25, -0.2) is 4.98 Å². The Morgan fingerprint density at radius 1 is 1.71 bits per heavy atom. The topological polar surface area (TPSA) is 24.9 Å². The number of nitrogens with one attached hydrogen (secondary N) is 1. The van der Waals surface area contributed by atoms with Crippen molar-refractivity contribution < 1.29 is 0 Å². The molecule has 0 bridgehead atoms. The van der Waals surface area contributed by atoms with E-state index in [0.717, 1.165) is 6.54 Å². The van der Waals surface area contributed by atoms with Gasteiger partial charge in [-0.1, -0.05) is 13.8 Å². The molecule has 14 heavy (non-hydrogen) atoms. The molecule has 1 aromatic rings. The summed E-state index contributed by atoms with van der Waals surface area (Å²) in [7, 11) is 0. The van der Waals surface area contributed by atoms with Crippen LogP contribution in [0.25, 0.3) is 0 Å². The molecule has 1 N–H and O–H groups in total. The maximum atomic E-state index is 4.72. The summed E-state index contributed by atoms with van der Waals surface area (Å²) >= 11 is 1.82. The molecule has 2 rings (SSSR count). The number of aromatic nitrogens is 1. The molecular formula is C11H18N2S. The van der Waals surface area contributed by atoms with Gasteiger partial charge in [0.15, 0.2) is 0 Å². The van der Waals surface area contributed by atoms with Crippen molar-refractivity contribution in [2.45, 2.75) is 45.1 Å². The lowest BCUT2D eigenvalue weighted by atomic mass is 10.1. The highest BCUT2D eigenvalue weighted by atomic mass is 32.1. The van der Waals surface area contributed by atoms with Crippen molar-refractivity contribution in [2.75, 3.05) is 6.54 Å². The van der Waals surface area contributed by atoms with Crippen molar-refractivity contribution in [3.63, 3.8) is 0 Å². The summed E-state index contributed by atoms with van der Waals surface area (Å²) in [5, 5.41) is 7.01. The van der Waals surface area contributed by atoms with Gasteiger partial charge in [-0.15, -0.1) is 11.3 Å². The summed E-state index contributed by atoms with van der Waals surface area (Å²) in [6, 6.07) is 0.540. The van der Waals surface area contributed by atoms with E-state index in [9.17, 15) is 0 Å². The van der Waals surface area contributed by atoms with Crippen LogP contribution >= 0.6 is 11.3 Å². The second kappa shape index (κ2) is 4.41. The average molecular weight is 210 g/mol. The smallest absolute Gasteiger partial charge is 0.110 e. The zero-order chi connectivity index (χ0) is 9.97. The van der Waals surface area contributed by atoms with E-state index in [-0.39, 0.29) is 0 Å². The first kappa shape index (κ1) is 10.1. The lowest BCUT2D eigenvalue weighted by molar-refractivity contribution is 0.631. The first-order valence-electron chi connectivity index (χ1n) is 5.50. The van der Waals surface area contributed by atoms with E-state index in [0.29, 0.717) is 12.0 Å². The Hall–Kier alpha value is -0.410. The van der Waals surface area contributed by atoms with Gasteiger partial charge in [-0.3, -0.25) is 0 Å². The van der Waals surface area contributed by atoms with Crippen LogP contribution < -0.4 is 5.32 Å². The van der Waals surface area contributed by atoms with Crippen molar-refractivity contribution in [3.8, 4) is 0 Å². The normalized spacial score (nSPS) is 24.0. The van der Waals surface area contributed by atoms with E-state index in [1.54, 1.807) is 0 Å². The van der Waals surface area contributed by atoms with E-state index in [1.807, 2.05) is 11.3 Å². The van der Waals surface area contributed by atoms with Crippen LogP contribution in [0.4, 0.5) is 0 Å². The Bertz CT molecular complexity index is 289. The molecule has 1 aliphatic heterocycles. The molecule has 0 spiro atoms. The van der Waals surface area contributed by atoms with Gasteiger partial charge in [-0.05, 0) is 31.7 Å². The summed E-state index contributed by atoms with van der Waals surface area (Å²) in [5.74, 6) is 0.612. The predicted molar refractivity (Wildman–Crippen MR) is 60.8 cm³/mol. The molecule has 1 saturated heterocycles. The monoisotopic (exact) mass is 210 g/mol. The fourth-order valence-electron chi connectivity index (χ4n) is 1.79. The minimum Gasteiger partial charge on any atom is -0.308 e. The van der Waals surface area contributed by atoms with Gasteiger partial charge >= 0.3 is 0 Å². The van der Waals surface area contributed by atoms with Crippen LogP contribution in [0.2, 0.25) is 0 Å². The Morgan fingerprint density at radius 2 is 2.57 bits per heavy atom. The molecule has 2 nitrogen and oxygen atoms in total. The molecule has 1 aliphatic rings. The quantitative estimate of drug-likeness (QED) is 0.829. The van der Waals surface area contributed by atoms with Crippen molar-refractivity contribution in [3.05, 3.63) is 16.1 Å². The second-order valence-electron chi connectivity index (χ2n) is 4.07. The molecule has 2 heterocycles. The van der Waals surface area contributed by atoms with Gasteiger partial charge in [0.2, 0.25) is 0 Å².